The van der Waals surface area contributed by atoms with Crippen LogP contribution >= 0.6 is 47.8 Å². The number of nitrogens with two attached hydrogens (primary N) is 1. The summed E-state index contributed by atoms with van der Waals surface area (Å²) in [7, 11) is -3.80. The van der Waals surface area contributed by atoms with Crippen LogP contribution in [0, 0.1) is 6.92 Å². The SMILES string of the molecule is Cc1nc(NS(=O)(=O)c2c(Br)cc(N)cc2Br)ccc1Br. The molecule has 3 N–H and O–H groups in total. The number of nitrogens with zero attached hydrogens (tertiary/aromatic N) is 1. The van der Waals surface area contributed by atoms with Gasteiger partial charge in [-0.25, -0.2) is 13.4 Å². The molecular formula is C12H10Br3N3O2S. The minimum atomic E-state index is -3.80. The standard InChI is InChI=1S/C12H10Br3N3O2S/c1-6-8(13)2-3-11(17-6)18-21(19,20)12-9(14)4-7(16)5-10(12)15/h2-5H,16H2,1H3,(H,17,18). The number of nitrogen functional groups attached to an aromatic ring is 1. The zero-order valence-corrected chi connectivity index (χ0v) is 16.3. The average Bonchev–Trinajstić information content (AvgIpc) is 2.31. The maximum Gasteiger partial charge on any atom is 0.265 e. The molecule has 0 saturated heterocycles. The number of benzene rings is 1. The Morgan fingerprint density at radius 1 is 1.10 bits per heavy atom. The number of rotatable bonds is 3. The normalized spacial score (nSPS) is 11.4. The summed E-state index contributed by atoms with van der Waals surface area (Å²) in [6.07, 6.45) is 0. The first kappa shape index (κ1) is 16.7. The van der Waals surface area contributed by atoms with Crippen molar-refractivity contribution < 1.29 is 8.42 Å². The van der Waals surface area contributed by atoms with Gasteiger partial charge < -0.3 is 5.73 Å². The third-order valence-corrected chi connectivity index (χ3v) is 6.62. The molecule has 0 unspecified atom stereocenters. The Balaban J connectivity index is 2.46. The average molecular weight is 500 g/mol. The van der Waals surface area contributed by atoms with Crippen molar-refractivity contribution in [2.75, 3.05) is 10.5 Å². The monoisotopic (exact) mass is 497 g/mol. The zero-order chi connectivity index (χ0) is 15.8. The second-order valence-electron chi connectivity index (χ2n) is 4.18. The van der Waals surface area contributed by atoms with Gasteiger partial charge in [0.25, 0.3) is 10.0 Å². The summed E-state index contributed by atoms with van der Waals surface area (Å²) in [5.74, 6) is 0.242. The summed E-state index contributed by atoms with van der Waals surface area (Å²) in [6, 6.07) is 6.36. The molecule has 112 valence electrons. The Morgan fingerprint density at radius 2 is 1.67 bits per heavy atom. The van der Waals surface area contributed by atoms with Crippen molar-refractivity contribution in [2.45, 2.75) is 11.8 Å². The van der Waals surface area contributed by atoms with Crippen LogP contribution in [0.1, 0.15) is 5.69 Å². The first-order valence-corrected chi connectivity index (χ1v) is 9.47. The van der Waals surface area contributed by atoms with E-state index in [4.69, 9.17) is 5.73 Å². The van der Waals surface area contributed by atoms with E-state index in [1.807, 2.05) is 0 Å². The van der Waals surface area contributed by atoms with E-state index < -0.39 is 10.0 Å². The Labute approximate surface area is 147 Å². The number of anilines is 2. The minimum Gasteiger partial charge on any atom is -0.399 e. The van der Waals surface area contributed by atoms with E-state index in [0.717, 1.165) is 4.47 Å². The zero-order valence-electron chi connectivity index (χ0n) is 10.7. The highest BCUT2D eigenvalue weighted by Gasteiger charge is 2.22. The van der Waals surface area contributed by atoms with Gasteiger partial charge in [-0.3, -0.25) is 4.72 Å². The summed E-state index contributed by atoms with van der Waals surface area (Å²) in [5.41, 5.74) is 6.80. The first-order chi connectivity index (χ1) is 9.70. The lowest BCUT2D eigenvalue weighted by atomic mass is 10.3. The molecule has 0 amide bonds. The van der Waals surface area contributed by atoms with Gasteiger partial charge >= 0.3 is 0 Å². The molecule has 0 saturated carbocycles. The quantitative estimate of drug-likeness (QED) is 0.624. The van der Waals surface area contributed by atoms with E-state index in [0.29, 0.717) is 20.3 Å². The molecule has 21 heavy (non-hydrogen) atoms. The number of pyridine rings is 1. The van der Waals surface area contributed by atoms with Crippen molar-refractivity contribution in [1.82, 2.24) is 4.98 Å². The Hall–Kier alpha value is -0.640. The van der Waals surface area contributed by atoms with Crippen LogP contribution in [-0.4, -0.2) is 13.4 Å². The summed E-state index contributed by atoms with van der Waals surface area (Å²) >= 11 is 9.75. The fourth-order valence-electron chi connectivity index (χ4n) is 1.63. The first-order valence-electron chi connectivity index (χ1n) is 5.61. The van der Waals surface area contributed by atoms with E-state index in [1.165, 1.54) is 12.1 Å². The molecule has 1 aromatic carbocycles. The Kier molecular flexibility index (Phi) is 4.96. The van der Waals surface area contributed by atoms with Crippen molar-refractivity contribution in [3.05, 3.63) is 43.4 Å². The van der Waals surface area contributed by atoms with E-state index >= 15 is 0 Å². The molecule has 0 aliphatic heterocycles. The Bertz CT molecular complexity index is 786. The van der Waals surface area contributed by atoms with Crippen LogP contribution in [0.25, 0.3) is 0 Å². The van der Waals surface area contributed by atoms with Crippen LogP contribution in [0.5, 0.6) is 0 Å². The van der Waals surface area contributed by atoms with E-state index in [1.54, 1.807) is 19.1 Å². The molecule has 0 radical (unpaired) electrons. The van der Waals surface area contributed by atoms with Crippen molar-refractivity contribution in [3.8, 4) is 0 Å². The smallest absolute Gasteiger partial charge is 0.265 e. The number of aromatic nitrogens is 1. The minimum absolute atomic E-state index is 0.0686. The topological polar surface area (TPSA) is 85.1 Å². The highest BCUT2D eigenvalue weighted by atomic mass is 79.9. The lowest BCUT2D eigenvalue weighted by Gasteiger charge is -2.12. The third kappa shape index (κ3) is 3.77. The van der Waals surface area contributed by atoms with Crippen LogP contribution in [-0.2, 0) is 10.0 Å². The van der Waals surface area contributed by atoms with E-state index in [-0.39, 0.29) is 10.7 Å². The van der Waals surface area contributed by atoms with Crippen molar-refractivity contribution >= 4 is 69.3 Å². The molecule has 5 nitrogen and oxygen atoms in total. The second kappa shape index (κ2) is 6.23. The molecule has 0 spiro atoms. The van der Waals surface area contributed by atoms with Crippen LogP contribution in [0.15, 0.2) is 42.6 Å². The van der Waals surface area contributed by atoms with Gasteiger partial charge in [-0.2, -0.15) is 0 Å². The van der Waals surface area contributed by atoms with Gasteiger partial charge in [-0.1, -0.05) is 0 Å². The molecule has 0 bridgehead atoms. The molecule has 0 aliphatic rings. The van der Waals surface area contributed by atoms with Gasteiger partial charge in [0, 0.05) is 19.1 Å². The van der Waals surface area contributed by atoms with Gasteiger partial charge in [0.1, 0.15) is 10.7 Å². The highest BCUT2D eigenvalue weighted by molar-refractivity contribution is 9.11. The van der Waals surface area contributed by atoms with Crippen LogP contribution in [0.2, 0.25) is 0 Å². The number of sulfonamides is 1. The maximum atomic E-state index is 12.5. The van der Waals surface area contributed by atoms with Gasteiger partial charge in [-0.05, 0) is 79.0 Å². The van der Waals surface area contributed by atoms with E-state index in [2.05, 4.69) is 57.5 Å². The molecule has 0 aliphatic carbocycles. The number of hydrogen-bond acceptors (Lipinski definition) is 4. The second-order valence-corrected chi connectivity index (χ2v) is 8.37. The fraction of sp³-hybridized carbons (Fsp3) is 0.0833. The summed E-state index contributed by atoms with van der Waals surface area (Å²) < 4.78 is 29.0. The van der Waals surface area contributed by atoms with Gasteiger partial charge in [0.15, 0.2) is 0 Å². The maximum absolute atomic E-state index is 12.5. The number of hydrogen-bond donors (Lipinski definition) is 2. The highest BCUT2D eigenvalue weighted by Crippen LogP contribution is 2.33. The fourth-order valence-corrected chi connectivity index (χ4v) is 5.47. The predicted octanol–water partition coefficient (Wildman–Crippen LogP) is 4.06. The molecule has 2 aromatic rings. The number of nitrogens with one attached hydrogen (secondary N) is 1. The van der Waals surface area contributed by atoms with Crippen molar-refractivity contribution in [1.29, 1.82) is 0 Å². The van der Waals surface area contributed by atoms with Gasteiger partial charge in [-0.15, -0.1) is 0 Å². The summed E-state index contributed by atoms with van der Waals surface area (Å²) in [6.45, 7) is 1.77. The Morgan fingerprint density at radius 3 is 2.19 bits per heavy atom. The van der Waals surface area contributed by atoms with Crippen LogP contribution in [0.4, 0.5) is 11.5 Å². The largest absolute Gasteiger partial charge is 0.399 e. The summed E-state index contributed by atoms with van der Waals surface area (Å²) in [4.78, 5) is 4.24. The lowest BCUT2D eigenvalue weighted by Crippen LogP contribution is -2.15. The number of halogens is 3. The molecule has 0 atom stereocenters. The molecule has 1 aromatic heterocycles. The van der Waals surface area contributed by atoms with Gasteiger partial charge in [0.2, 0.25) is 0 Å². The lowest BCUT2D eigenvalue weighted by molar-refractivity contribution is 0.600. The number of aryl methyl sites for hydroxylation is 1. The predicted molar refractivity (Wildman–Crippen MR) is 93.7 cm³/mol. The van der Waals surface area contributed by atoms with Crippen LogP contribution in [0.3, 0.4) is 0 Å². The molecule has 2 rings (SSSR count). The molecular weight excluding hydrogens is 490 g/mol. The molecule has 0 fully saturated rings. The molecule has 1 heterocycles. The van der Waals surface area contributed by atoms with Crippen molar-refractivity contribution in [3.63, 3.8) is 0 Å². The third-order valence-electron chi connectivity index (χ3n) is 2.55. The van der Waals surface area contributed by atoms with Gasteiger partial charge in [0.05, 0.1) is 5.69 Å². The van der Waals surface area contributed by atoms with Crippen molar-refractivity contribution in [2.24, 2.45) is 0 Å². The molecule has 9 heteroatoms. The van der Waals surface area contributed by atoms with E-state index in [9.17, 15) is 8.42 Å². The summed E-state index contributed by atoms with van der Waals surface area (Å²) in [5, 5.41) is 0. The van der Waals surface area contributed by atoms with Crippen LogP contribution < -0.4 is 10.5 Å².